The minimum absolute atomic E-state index is 0.154. The molecule has 94 valence electrons. The molecule has 0 saturated carbocycles. The summed E-state index contributed by atoms with van der Waals surface area (Å²) in [7, 11) is 1.96. The highest BCUT2D eigenvalue weighted by Crippen LogP contribution is 2.21. The molecule has 0 aromatic carbocycles. The number of likely N-dealkylation sites (tertiary alicyclic amines) is 1. The van der Waals surface area contributed by atoms with Crippen LogP contribution < -0.4 is 5.32 Å². The summed E-state index contributed by atoms with van der Waals surface area (Å²) < 4.78 is 0. The van der Waals surface area contributed by atoms with Crippen molar-refractivity contribution in [2.45, 2.75) is 19.8 Å². The normalized spacial score (nSPS) is 19.9. The topological polar surface area (TPSA) is 45.2 Å². The average molecular weight is 253 g/mol. The van der Waals surface area contributed by atoms with Gasteiger partial charge in [-0.3, -0.25) is 4.79 Å². The van der Waals surface area contributed by atoms with Crippen LogP contribution in [0.5, 0.6) is 0 Å². The van der Waals surface area contributed by atoms with Crippen molar-refractivity contribution in [2.24, 2.45) is 5.92 Å². The molecule has 1 aromatic rings. The lowest BCUT2D eigenvalue weighted by atomic mass is 10.1. The van der Waals surface area contributed by atoms with Crippen LogP contribution in [0.4, 0.5) is 0 Å². The molecule has 17 heavy (non-hydrogen) atoms. The van der Waals surface area contributed by atoms with Gasteiger partial charge in [-0.2, -0.15) is 0 Å². The molecule has 0 radical (unpaired) electrons. The first kappa shape index (κ1) is 12.5. The van der Waals surface area contributed by atoms with Crippen molar-refractivity contribution in [2.75, 3.05) is 26.7 Å². The van der Waals surface area contributed by atoms with E-state index >= 15 is 0 Å². The number of thiazole rings is 1. The standard InChI is InChI=1S/C12H19N3OS/c1-3-11-14-7-10(17-11)12(16)15-5-4-9(8-15)6-13-2/h7,9,13H,3-6,8H2,1-2H3/t9-/m0/s1. The lowest BCUT2D eigenvalue weighted by Gasteiger charge is -2.15. The first-order valence-corrected chi connectivity index (χ1v) is 6.94. The monoisotopic (exact) mass is 253 g/mol. The van der Waals surface area contributed by atoms with Crippen LogP contribution in [-0.2, 0) is 6.42 Å². The predicted molar refractivity (Wildman–Crippen MR) is 69.4 cm³/mol. The van der Waals surface area contributed by atoms with E-state index in [1.54, 1.807) is 6.20 Å². The molecule has 1 aliphatic heterocycles. The number of nitrogens with one attached hydrogen (secondary N) is 1. The Morgan fingerprint density at radius 3 is 3.18 bits per heavy atom. The molecule has 0 aliphatic carbocycles. The van der Waals surface area contributed by atoms with E-state index in [1.165, 1.54) is 11.3 Å². The van der Waals surface area contributed by atoms with E-state index in [0.717, 1.165) is 42.4 Å². The van der Waals surface area contributed by atoms with Gasteiger partial charge in [0.05, 0.1) is 11.2 Å². The molecule has 2 rings (SSSR count). The van der Waals surface area contributed by atoms with Gasteiger partial charge in [0.1, 0.15) is 4.88 Å². The molecule has 1 saturated heterocycles. The summed E-state index contributed by atoms with van der Waals surface area (Å²) >= 11 is 1.52. The van der Waals surface area contributed by atoms with Gasteiger partial charge < -0.3 is 10.2 Å². The minimum Gasteiger partial charge on any atom is -0.338 e. The number of carbonyl (C=O) groups is 1. The van der Waals surface area contributed by atoms with E-state index in [9.17, 15) is 4.79 Å². The van der Waals surface area contributed by atoms with Crippen LogP contribution in [0.3, 0.4) is 0 Å². The third-order valence-corrected chi connectivity index (χ3v) is 4.26. The van der Waals surface area contributed by atoms with Crippen LogP contribution >= 0.6 is 11.3 Å². The number of nitrogens with zero attached hydrogens (tertiary/aromatic N) is 2. The lowest BCUT2D eigenvalue weighted by molar-refractivity contribution is 0.0792. The van der Waals surface area contributed by atoms with Gasteiger partial charge in [-0.05, 0) is 32.4 Å². The number of rotatable bonds is 4. The van der Waals surface area contributed by atoms with Crippen LogP contribution in [0.15, 0.2) is 6.20 Å². The van der Waals surface area contributed by atoms with Crippen molar-refractivity contribution in [3.05, 3.63) is 16.1 Å². The fourth-order valence-corrected chi connectivity index (χ4v) is 3.03. The molecule has 1 N–H and O–H groups in total. The van der Waals surface area contributed by atoms with E-state index in [0.29, 0.717) is 5.92 Å². The van der Waals surface area contributed by atoms with Crippen molar-refractivity contribution in [3.8, 4) is 0 Å². The first-order valence-electron chi connectivity index (χ1n) is 6.13. The average Bonchev–Trinajstić information content (AvgIpc) is 2.97. The molecule has 5 heteroatoms. The maximum Gasteiger partial charge on any atom is 0.265 e. The van der Waals surface area contributed by atoms with Crippen molar-refractivity contribution in [1.29, 1.82) is 0 Å². The maximum atomic E-state index is 12.2. The molecule has 1 aromatic heterocycles. The minimum atomic E-state index is 0.154. The second-order valence-electron chi connectivity index (χ2n) is 4.44. The zero-order valence-corrected chi connectivity index (χ0v) is 11.2. The van der Waals surface area contributed by atoms with E-state index < -0.39 is 0 Å². The van der Waals surface area contributed by atoms with Crippen molar-refractivity contribution in [1.82, 2.24) is 15.2 Å². The number of hydrogen-bond acceptors (Lipinski definition) is 4. The molecule has 1 amide bonds. The van der Waals surface area contributed by atoms with Gasteiger partial charge in [-0.15, -0.1) is 11.3 Å². The smallest absolute Gasteiger partial charge is 0.265 e. The molecule has 0 spiro atoms. The zero-order chi connectivity index (χ0) is 12.3. The molecule has 1 atom stereocenters. The molecule has 0 unspecified atom stereocenters. The van der Waals surface area contributed by atoms with Gasteiger partial charge in [0, 0.05) is 13.1 Å². The maximum absolute atomic E-state index is 12.2. The summed E-state index contributed by atoms with van der Waals surface area (Å²) in [6.45, 7) is 4.81. The number of carbonyl (C=O) groups excluding carboxylic acids is 1. The summed E-state index contributed by atoms with van der Waals surface area (Å²) in [5.74, 6) is 0.753. The van der Waals surface area contributed by atoms with E-state index in [-0.39, 0.29) is 5.91 Å². The van der Waals surface area contributed by atoms with Gasteiger partial charge in [-0.25, -0.2) is 4.98 Å². The molecular formula is C12H19N3OS. The molecule has 1 fully saturated rings. The Bertz CT molecular complexity index is 391. The van der Waals surface area contributed by atoms with Gasteiger partial charge in [-0.1, -0.05) is 6.92 Å². The van der Waals surface area contributed by atoms with Crippen LogP contribution in [0, 0.1) is 5.92 Å². The molecule has 2 heterocycles. The summed E-state index contributed by atoms with van der Waals surface area (Å²) in [5.41, 5.74) is 0. The lowest BCUT2D eigenvalue weighted by Crippen LogP contribution is -2.29. The quantitative estimate of drug-likeness (QED) is 0.882. The summed E-state index contributed by atoms with van der Waals surface area (Å²) in [5, 5.41) is 4.22. The van der Waals surface area contributed by atoms with Crippen LogP contribution in [-0.4, -0.2) is 42.5 Å². The molecule has 0 bridgehead atoms. The van der Waals surface area contributed by atoms with E-state index in [2.05, 4.69) is 17.2 Å². The highest BCUT2D eigenvalue weighted by atomic mass is 32.1. The fourth-order valence-electron chi connectivity index (χ4n) is 2.20. The van der Waals surface area contributed by atoms with Gasteiger partial charge in [0.25, 0.3) is 5.91 Å². The molecule has 1 aliphatic rings. The third-order valence-electron chi connectivity index (χ3n) is 3.13. The Kier molecular flexibility index (Phi) is 4.12. The van der Waals surface area contributed by atoms with Crippen LogP contribution in [0.25, 0.3) is 0 Å². The SMILES string of the molecule is CCc1ncc(C(=O)N2CC[C@@H](CNC)C2)s1. The van der Waals surface area contributed by atoms with E-state index in [4.69, 9.17) is 0 Å². The summed E-state index contributed by atoms with van der Waals surface area (Å²) in [6.07, 6.45) is 3.73. The number of aromatic nitrogens is 1. The fraction of sp³-hybridized carbons (Fsp3) is 0.667. The third kappa shape index (κ3) is 2.84. The van der Waals surface area contributed by atoms with Gasteiger partial charge >= 0.3 is 0 Å². The Morgan fingerprint density at radius 1 is 1.71 bits per heavy atom. The van der Waals surface area contributed by atoms with Crippen molar-refractivity contribution in [3.63, 3.8) is 0 Å². The Hall–Kier alpha value is -0.940. The van der Waals surface area contributed by atoms with Crippen LogP contribution in [0.2, 0.25) is 0 Å². The van der Waals surface area contributed by atoms with Gasteiger partial charge in [0.15, 0.2) is 0 Å². The van der Waals surface area contributed by atoms with Crippen LogP contribution in [0.1, 0.15) is 28.0 Å². The number of aryl methyl sites for hydroxylation is 1. The largest absolute Gasteiger partial charge is 0.338 e. The Labute approximate surface area is 106 Å². The van der Waals surface area contributed by atoms with Crippen molar-refractivity contribution >= 4 is 17.2 Å². The highest BCUT2D eigenvalue weighted by molar-refractivity contribution is 7.13. The number of hydrogen-bond donors (Lipinski definition) is 1. The van der Waals surface area contributed by atoms with Gasteiger partial charge in [0.2, 0.25) is 0 Å². The molecule has 4 nitrogen and oxygen atoms in total. The zero-order valence-electron chi connectivity index (χ0n) is 10.4. The summed E-state index contributed by atoms with van der Waals surface area (Å²) in [4.78, 5) is 19.2. The van der Waals surface area contributed by atoms with E-state index in [1.807, 2.05) is 11.9 Å². The summed E-state index contributed by atoms with van der Waals surface area (Å²) in [6, 6.07) is 0. The Morgan fingerprint density at radius 2 is 2.53 bits per heavy atom. The molecular weight excluding hydrogens is 234 g/mol. The highest BCUT2D eigenvalue weighted by Gasteiger charge is 2.27. The first-order chi connectivity index (χ1) is 8.24. The second kappa shape index (κ2) is 5.60. The Balaban J connectivity index is 1.96. The second-order valence-corrected chi connectivity index (χ2v) is 5.55. The van der Waals surface area contributed by atoms with Crippen molar-refractivity contribution < 1.29 is 4.79 Å². The predicted octanol–water partition coefficient (Wildman–Crippen LogP) is 1.39. The number of amides is 1.